The van der Waals surface area contributed by atoms with E-state index in [0.717, 1.165) is 32.8 Å². The van der Waals surface area contributed by atoms with E-state index in [1.807, 2.05) is 6.66 Å². The van der Waals surface area contributed by atoms with Crippen LogP contribution in [0.2, 0.25) is 0 Å². The van der Waals surface area contributed by atoms with Crippen LogP contribution in [-0.4, -0.2) is 59.8 Å². The van der Waals surface area contributed by atoms with E-state index in [-0.39, 0.29) is 16.3 Å². The van der Waals surface area contributed by atoms with Gasteiger partial charge in [0.2, 0.25) is 0 Å². The lowest BCUT2D eigenvalue weighted by atomic mass is 9.97. The van der Waals surface area contributed by atoms with Gasteiger partial charge in [-0.1, -0.05) is 0 Å². The van der Waals surface area contributed by atoms with Crippen molar-refractivity contribution in [2.24, 2.45) is 11.8 Å². The fraction of sp³-hybridized carbons (Fsp3) is 1.00. The van der Waals surface area contributed by atoms with Gasteiger partial charge in [0.25, 0.3) is 0 Å². The molecule has 1 aliphatic heterocycles. The van der Waals surface area contributed by atoms with Gasteiger partial charge < -0.3 is 18.1 Å². The maximum atomic E-state index is 5.80. The highest BCUT2D eigenvalue weighted by Gasteiger charge is 2.23. The molecule has 0 saturated carbocycles. The first-order valence-electron chi connectivity index (χ1n) is 6.57. The molecule has 0 aromatic heterocycles. The average molecular weight is 328 g/mol. The van der Waals surface area contributed by atoms with E-state index in [2.05, 4.69) is 26.7 Å². The number of hydrogen-bond acceptors (Lipinski definition) is 4. The summed E-state index contributed by atoms with van der Waals surface area (Å²) in [6.45, 7) is 13.7. The maximum Gasteiger partial charge on any atom is 0.167 e. The van der Waals surface area contributed by atoms with Crippen molar-refractivity contribution in [1.82, 2.24) is 0 Å². The minimum Gasteiger partial charge on any atom is -0.359 e. The minimum absolute atomic E-state index is 0.294. The molecule has 1 fully saturated rings. The van der Waals surface area contributed by atoms with Crippen molar-refractivity contribution in [3.8, 4) is 0 Å². The van der Waals surface area contributed by atoms with E-state index in [1.165, 1.54) is 0 Å². The predicted octanol–water partition coefficient (Wildman–Crippen LogP) is 3.94. The Bertz CT molecular complexity index is 215. The summed E-state index contributed by atoms with van der Waals surface area (Å²) in [6, 6.07) is 0. The molecule has 4 nitrogen and oxygen atoms in total. The summed E-state index contributed by atoms with van der Waals surface area (Å²) >= 11 is 0. The van der Waals surface area contributed by atoms with Crippen LogP contribution in [0.5, 0.6) is 0 Å². The molecule has 114 valence electrons. The van der Waals surface area contributed by atoms with Crippen LogP contribution in [0.3, 0.4) is 0 Å². The molecule has 0 aromatic rings. The van der Waals surface area contributed by atoms with Crippen LogP contribution in [0.4, 0.5) is 0 Å². The van der Waals surface area contributed by atoms with Gasteiger partial charge in [-0.15, -0.1) is 0 Å². The summed E-state index contributed by atoms with van der Waals surface area (Å²) in [6.07, 6.45) is 1.06. The third kappa shape index (κ3) is 8.89. The molecule has 0 aromatic carbocycles. The first-order chi connectivity index (χ1) is 8.97. The standard InChI is InChI=1S/C12H27O4P3/c1-17(2)13-7-11-6-12(8-14-18(3)4)10-16-19(5)15-9-11/h11-12H,6-10H2,1-5H3. The highest BCUT2D eigenvalue weighted by atomic mass is 31.2. The van der Waals surface area contributed by atoms with Crippen LogP contribution in [0, 0.1) is 11.8 Å². The van der Waals surface area contributed by atoms with Crippen LogP contribution in [-0.2, 0) is 18.1 Å². The SMILES string of the molecule is CP(C)OCC1COP(C)OCC(COP(C)C)C1. The Kier molecular flexibility index (Phi) is 9.53. The van der Waals surface area contributed by atoms with Crippen molar-refractivity contribution >= 4 is 24.7 Å². The van der Waals surface area contributed by atoms with Gasteiger partial charge in [-0.2, -0.15) is 0 Å². The zero-order chi connectivity index (χ0) is 14.3. The molecule has 19 heavy (non-hydrogen) atoms. The zero-order valence-electron chi connectivity index (χ0n) is 12.7. The first-order valence-corrected chi connectivity index (χ1v) is 12.5. The first kappa shape index (κ1) is 18.2. The van der Waals surface area contributed by atoms with E-state index in [1.54, 1.807) is 0 Å². The van der Waals surface area contributed by atoms with E-state index < -0.39 is 8.38 Å². The molecule has 2 atom stereocenters. The summed E-state index contributed by atoms with van der Waals surface area (Å²) < 4.78 is 23.1. The molecule has 0 spiro atoms. The smallest absolute Gasteiger partial charge is 0.167 e. The topological polar surface area (TPSA) is 36.9 Å². The molecule has 2 unspecified atom stereocenters. The Balaban J connectivity index is 2.44. The Labute approximate surface area is 121 Å². The lowest BCUT2D eigenvalue weighted by molar-refractivity contribution is 0.0908. The molecule has 0 aliphatic carbocycles. The summed E-state index contributed by atoms with van der Waals surface area (Å²) in [5, 5.41) is 0. The summed E-state index contributed by atoms with van der Waals surface area (Å²) in [4.78, 5) is 0. The predicted molar refractivity (Wildman–Crippen MR) is 85.8 cm³/mol. The quantitative estimate of drug-likeness (QED) is 0.692. The highest BCUT2D eigenvalue weighted by Crippen LogP contribution is 2.39. The van der Waals surface area contributed by atoms with Gasteiger partial charge in [0.15, 0.2) is 8.38 Å². The van der Waals surface area contributed by atoms with Gasteiger partial charge in [-0.3, -0.25) is 0 Å². The van der Waals surface area contributed by atoms with Crippen molar-refractivity contribution in [2.75, 3.05) is 59.8 Å². The van der Waals surface area contributed by atoms with Crippen LogP contribution in [0.15, 0.2) is 0 Å². The molecule has 7 heteroatoms. The average Bonchev–Trinajstić information content (AvgIpc) is 2.32. The third-order valence-electron chi connectivity index (χ3n) is 2.79. The lowest BCUT2D eigenvalue weighted by Crippen LogP contribution is -2.25. The molecule has 0 N–H and O–H groups in total. The largest absolute Gasteiger partial charge is 0.359 e. The summed E-state index contributed by atoms with van der Waals surface area (Å²) in [7, 11) is -1.33. The Morgan fingerprint density at radius 3 is 1.74 bits per heavy atom. The van der Waals surface area contributed by atoms with E-state index in [9.17, 15) is 0 Å². The summed E-state index contributed by atoms with van der Waals surface area (Å²) in [5.74, 6) is 0.930. The molecule has 0 radical (unpaired) electrons. The highest BCUT2D eigenvalue weighted by molar-refractivity contribution is 7.51. The minimum atomic E-state index is -0.741. The molecular formula is C12H27O4P3. The second-order valence-electron chi connectivity index (χ2n) is 5.22. The number of hydrogen-bond donors (Lipinski definition) is 0. The van der Waals surface area contributed by atoms with Gasteiger partial charge in [0, 0.05) is 34.8 Å². The molecule has 1 heterocycles. The van der Waals surface area contributed by atoms with Crippen molar-refractivity contribution in [3.05, 3.63) is 0 Å². The van der Waals surface area contributed by atoms with Gasteiger partial charge in [0.05, 0.1) is 26.4 Å². The van der Waals surface area contributed by atoms with Crippen molar-refractivity contribution < 1.29 is 18.1 Å². The van der Waals surface area contributed by atoms with Crippen molar-refractivity contribution in [2.45, 2.75) is 6.42 Å². The Morgan fingerprint density at radius 1 is 0.947 bits per heavy atom. The zero-order valence-corrected chi connectivity index (χ0v) is 15.3. The Hall–Kier alpha value is 1.13. The van der Waals surface area contributed by atoms with Crippen LogP contribution in [0.1, 0.15) is 6.42 Å². The van der Waals surface area contributed by atoms with Gasteiger partial charge in [0.1, 0.15) is 0 Å². The molecule has 0 bridgehead atoms. The molecule has 1 saturated heterocycles. The second kappa shape index (κ2) is 9.96. The number of rotatable bonds is 6. The van der Waals surface area contributed by atoms with Crippen LogP contribution in [0.25, 0.3) is 0 Å². The maximum absolute atomic E-state index is 5.80. The second-order valence-corrected chi connectivity index (χ2v) is 10.4. The van der Waals surface area contributed by atoms with Gasteiger partial charge in [-0.25, -0.2) is 0 Å². The van der Waals surface area contributed by atoms with Gasteiger partial charge in [-0.05, 0) is 33.1 Å². The van der Waals surface area contributed by atoms with E-state index >= 15 is 0 Å². The Morgan fingerprint density at radius 2 is 1.37 bits per heavy atom. The monoisotopic (exact) mass is 328 g/mol. The molecule has 0 amide bonds. The molecule has 1 rings (SSSR count). The van der Waals surface area contributed by atoms with Crippen molar-refractivity contribution in [3.63, 3.8) is 0 Å². The van der Waals surface area contributed by atoms with Gasteiger partial charge >= 0.3 is 0 Å². The van der Waals surface area contributed by atoms with Crippen LogP contribution >= 0.6 is 24.7 Å². The fourth-order valence-electron chi connectivity index (χ4n) is 1.81. The molecular weight excluding hydrogens is 301 g/mol. The fourth-order valence-corrected chi connectivity index (χ4v) is 3.74. The van der Waals surface area contributed by atoms with E-state index in [4.69, 9.17) is 18.1 Å². The molecule has 1 aliphatic rings. The third-order valence-corrected chi connectivity index (χ3v) is 5.14. The summed E-state index contributed by atoms with van der Waals surface area (Å²) in [5.41, 5.74) is 0. The van der Waals surface area contributed by atoms with Crippen LogP contribution < -0.4 is 0 Å². The normalized spacial score (nSPS) is 29.5. The lowest BCUT2D eigenvalue weighted by Gasteiger charge is -2.29. The van der Waals surface area contributed by atoms with E-state index in [0.29, 0.717) is 11.8 Å². The van der Waals surface area contributed by atoms with Crippen molar-refractivity contribution in [1.29, 1.82) is 0 Å².